The van der Waals surface area contributed by atoms with Crippen LogP contribution in [0.1, 0.15) is 35.6 Å². The van der Waals surface area contributed by atoms with E-state index in [1.165, 1.54) is 0 Å². The van der Waals surface area contributed by atoms with E-state index >= 15 is 0 Å². The second kappa shape index (κ2) is 6.16. The molecule has 2 aromatic carbocycles. The zero-order valence-corrected chi connectivity index (χ0v) is 12.4. The number of fused-ring (bicyclic) bond motifs is 1. The third kappa shape index (κ3) is 3.06. The summed E-state index contributed by atoms with van der Waals surface area (Å²) in [5.74, 6) is -1.61. The quantitative estimate of drug-likeness (QED) is 0.771. The number of amides is 1. The number of aromatic nitrogens is 2. The molecule has 1 amide bonds. The Morgan fingerprint density at radius 2 is 2.04 bits per heavy atom. The fourth-order valence-electron chi connectivity index (χ4n) is 2.41. The van der Waals surface area contributed by atoms with Gasteiger partial charge >= 0.3 is 0 Å². The van der Waals surface area contributed by atoms with Crippen molar-refractivity contribution < 1.29 is 13.6 Å². The summed E-state index contributed by atoms with van der Waals surface area (Å²) in [6, 6.07) is 10.0. The number of imidazole rings is 1. The molecular formula is C17H15F2N3O. The number of nitrogens with one attached hydrogen (secondary N) is 2. The molecule has 0 aliphatic heterocycles. The zero-order valence-electron chi connectivity index (χ0n) is 12.4. The predicted octanol–water partition coefficient (Wildman–Crippen LogP) is 3.72. The minimum absolute atomic E-state index is 0.194. The van der Waals surface area contributed by atoms with E-state index in [0.29, 0.717) is 18.3 Å². The number of rotatable bonds is 4. The van der Waals surface area contributed by atoms with Gasteiger partial charge in [0, 0.05) is 6.07 Å². The third-order valence-electron chi connectivity index (χ3n) is 3.63. The van der Waals surface area contributed by atoms with Crippen LogP contribution >= 0.6 is 0 Å². The molecule has 1 aromatic heterocycles. The molecule has 0 fully saturated rings. The molecule has 3 aromatic rings. The van der Waals surface area contributed by atoms with Crippen molar-refractivity contribution in [1.82, 2.24) is 15.3 Å². The molecule has 0 saturated heterocycles. The van der Waals surface area contributed by atoms with Crippen LogP contribution in [0.25, 0.3) is 11.0 Å². The number of halogens is 2. The number of carbonyl (C=O) groups excluding carboxylic acids is 1. The first kappa shape index (κ1) is 15.1. The number of carbonyl (C=O) groups is 1. The summed E-state index contributed by atoms with van der Waals surface area (Å²) >= 11 is 0. The average Bonchev–Trinajstić information content (AvgIpc) is 2.96. The lowest BCUT2D eigenvalue weighted by molar-refractivity contribution is 0.0929. The smallest absolute Gasteiger partial charge is 0.254 e. The summed E-state index contributed by atoms with van der Waals surface area (Å²) in [6.07, 6.45) is 0.578. The number of benzene rings is 2. The Morgan fingerprint density at radius 1 is 1.26 bits per heavy atom. The van der Waals surface area contributed by atoms with Crippen LogP contribution in [0, 0.1) is 11.6 Å². The molecule has 0 radical (unpaired) electrons. The summed E-state index contributed by atoms with van der Waals surface area (Å²) in [7, 11) is 0. The Balaban J connectivity index is 1.85. The first-order valence-corrected chi connectivity index (χ1v) is 7.29. The fraction of sp³-hybridized carbons (Fsp3) is 0.176. The van der Waals surface area contributed by atoms with Crippen molar-refractivity contribution in [2.45, 2.75) is 19.4 Å². The van der Waals surface area contributed by atoms with Crippen LogP contribution in [0.3, 0.4) is 0 Å². The number of para-hydroxylation sites is 2. The van der Waals surface area contributed by atoms with Gasteiger partial charge in [0.15, 0.2) is 0 Å². The molecule has 23 heavy (non-hydrogen) atoms. The molecular weight excluding hydrogens is 300 g/mol. The molecule has 1 atom stereocenters. The number of H-pyrrole nitrogens is 1. The summed E-state index contributed by atoms with van der Waals surface area (Å²) < 4.78 is 26.6. The highest BCUT2D eigenvalue weighted by atomic mass is 19.1. The second-order valence-electron chi connectivity index (χ2n) is 5.20. The molecule has 2 N–H and O–H groups in total. The molecule has 0 aliphatic rings. The van der Waals surface area contributed by atoms with E-state index in [1.807, 2.05) is 31.2 Å². The average molecular weight is 315 g/mol. The van der Waals surface area contributed by atoms with Crippen molar-refractivity contribution in [3.63, 3.8) is 0 Å². The van der Waals surface area contributed by atoms with E-state index < -0.39 is 17.5 Å². The summed E-state index contributed by atoms with van der Waals surface area (Å²) in [5, 5.41) is 2.73. The number of hydrogen-bond donors (Lipinski definition) is 2. The molecule has 0 bridgehead atoms. The van der Waals surface area contributed by atoms with Gasteiger partial charge < -0.3 is 10.3 Å². The highest BCUT2D eigenvalue weighted by Gasteiger charge is 2.19. The number of hydrogen-bond acceptors (Lipinski definition) is 2. The van der Waals surface area contributed by atoms with Crippen molar-refractivity contribution in [2.24, 2.45) is 0 Å². The van der Waals surface area contributed by atoms with Crippen molar-refractivity contribution in [3.05, 3.63) is 65.5 Å². The first-order valence-electron chi connectivity index (χ1n) is 7.29. The summed E-state index contributed by atoms with van der Waals surface area (Å²) in [6.45, 7) is 1.89. The maximum atomic E-state index is 13.7. The molecule has 0 saturated carbocycles. The molecule has 4 nitrogen and oxygen atoms in total. The van der Waals surface area contributed by atoms with Gasteiger partial charge in [-0.15, -0.1) is 0 Å². The van der Waals surface area contributed by atoms with E-state index in [4.69, 9.17) is 0 Å². The van der Waals surface area contributed by atoms with Crippen LogP contribution in [0.2, 0.25) is 0 Å². The van der Waals surface area contributed by atoms with Gasteiger partial charge in [0.1, 0.15) is 17.5 Å². The van der Waals surface area contributed by atoms with Crippen molar-refractivity contribution in [1.29, 1.82) is 0 Å². The second-order valence-corrected chi connectivity index (χ2v) is 5.20. The van der Waals surface area contributed by atoms with E-state index in [2.05, 4.69) is 15.3 Å². The molecule has 0 spiro atoms. The lowest BCUT2D eigenvalue weighted by atomic mass is 10.1. The van der Waals surface area contributed by atoms with Crippen LogP contribution in [0.4, 0.5) is 8.78 Å². The van der Waals surface area contributed by atoms with Crippen LogP contribution in [0.5, 0.6) is 0 Å². The lowest BCUT2D eigenvalue weighted by Crippen LogP contribution is -2.29. The van der Waals surface area contributed by atoms with E-state index in [9.17, 15) is 13.6 Å². The van der Waals surface area contributed by atoms with Gasteiger partial charge in [-0.2, -0.15) is 0 Å². The van der Waals surface area contributed by atoms with E-state index in [0.717, 1.165) is 23.2 Å². The zero-order chi connectivity index (χ0) is 16.4. The maximum absolute atomic E-state index is 13.7. The molecule has 1 heterocycles. The van der Waals surface area contributed by atoms with Crippen molar-refractivity contribution in [2.75, 3.05) is 0 Å². The van der Waals surface area contributed by atoms with Crippen molar-refractivity contribution in [3.8, 4) is 0 Å². The molecule has 1 unspecified atom stereocenters. The number of nitrogens with zero attached hydrogens (tertiary/aromatic N) is 1. The van der Waals surface area contributed by atoms with E-state index in [-0.39, 0.29) is 11.6 Å². The highest BCUT2D eigenvalue weighted by Crippen LogP contribution is 2.19. The van der Waals surface area contributed by atoms with E-state index in [1.54, 1.807) is 0 Å². The van der Waals surface area contributed by atoms with Gasteiger partial charge in [-0.25, -0.2) is 13.8 Å². The van der Waals surface area contributed by atoms with Gasteiger partial charge in [0.2, 0.25) is 0 Å². The van der Waals surface area contributed by atoms with Crippen molar-refractivity contribution >= 4 is 16.9 Å². The van der Waals surface area contributed by atoms with Gasteiger partial charge in [0.05, 0.1) is 22.6 Å². The Morgan fingerprint density at radius 3 is 2.74 bits per heavy atom. The normalized spacial score (nSPS) is 12.3. The highest BCUT2D eigenvalue weighted by molar-refractivity contribution is 5.94. The Kier molecular flexibility index (Phi) is 4.06. The largest absolute Gasteiger partial charge is 0.342 e. The molecule has 6 heteroatoms. The minimum atomic E-state index is -0.887. The van der Waals surface area contributed by atoms with Gasteiger partial charge in [-0.05, 0) is 30.7 Å². The first-order chi connectivity index (χ1) is 11.1. The van der Waals surface area contributed by atoms with Crippen LogP contribution in [-0.2, 0) is 0 Å². The Hall–Kier alpha value is -2.76. The van der Waals surface area contributed by atoms with Gasteiger partial charge in [0.25, 0.3) is 5.91 Å². The molecule has 118 valence electrons. The number of aromatic amines is 1. The SMILES string of the molecule is CCC(NC(=O)c1ccc(F)cc1F)c1nc2ccccc2[nH]1. The third-order valence-corrected chi connectivity index (χ3v) is 3.63. The summed E-state index contributed by atoms with van der Waals surface area (Å²) in [4.78, 5) is 19.8. The molecule has 0 aliphatic carbocycles. The topological polar surface area (TPSA) is 57.8 Å². The monoisotopic (exact) mass is 315 g/mol. The van der Waals surface area contributed by atoms with Crippen LogP contribution in [0.15, 0.2) is 42.5 Å². The minimum Gasteiger partial charge on any atom is -0.342 e. The van der Waals surface area contributed by atoms with Gasteiger partial charge in [-0.3, -0.25) is 4.79 Å². The Labute approximate surface area is 131 Å². The summed E-state index contributed by atoms with van der Waals surface area (Å²) in [5.41, 5.74) is 1.47. The Bertz CT molecular complexity index is 827. The standard InChI is InChI=1S/C17H15F2N3O/c1-2-13(16-20-14-5-3-4-6-15(14)21-16)22-17(23)11-8-7-10(18)9-12(11)19/h3-9,13H,2H2,1H3,(H,20,21)(H,22,23). The fourth-order valence-corrected chi connectivity index (χ4v) is 2.41. The maximum Gasteiger partial charge on any atom is 0.254 e. The predicted molar refractivity (Wildman–Crippen MR) is 82.9 cm³/mol. The lowest BCUT2D eigenvalue weighted by Gasteiger charge is -2.15. The van der Waals surface area contributed by atoms with Crippen LogP contribution in [-0.4, -0.2) is 15.9 Å². The van der Waals surface area contributed by atoms with Gasteiger partial charge in [-0.1, -0.05) is 19.1 Å². The van der Waals surface area contributed by atoms with Crippen LogP contribution < -0.4 is 5.32 Å². The molecule has 3 rings (SSSR count).